The van der Waals surface area contributed by atoms with Gasteiger partial charge in [0.05, 0.1) is 12.1 Å². The summed E-state index contributed by atoms with van der Waals surface area (Å²) in [6.07, 6.45) is 2.92. The third kappa shape index (κ3) is 2.52. The molecule has 0 bridgehead atoms. The molecule has 0 saturated heterocycles. The Morgan fingerprint density at radius 1 is 1.40 bits per heavy atom. The molecule has 82 valence electrons. The number of nitrogens with one attached hydrogen (secondary N) is 1. The van der Waals surface area contributed by atoms with Gasteiger partial charge in [-0.05, 0) is 49.9 Å². The van der Waals surface area contributed by atoms with Crippen LogP contribution >= 0.6 is 15.9 Å². The van der Waals surface area contributed by atoms with Gasteiger partial charge < -0.3 is 10.4 Å². The molecule has 2 rings (SSSR count). The fourth-order valence-electron chi connectivity index (χ4n) is 2.10. The zero-order valence-corrected chi connectivity index (χ0v) is 10.4. The summed E-state index contributed by atoms with van der Waals surface area (Å²) < 4.78 is 1.09. The van der Waals surface area contributed by atoms with Crippen molar-refractivity contribution in [3.8, 4) is 0 Å². The standard InChI is InChI=1S/C12H16BrNO/c1-8-7-9(13)5-6-10(8)14-11-3-2-4-12(11)15/h5-7,11-12,14-15H,2-4H2,1H3/t11-,12-/m1/s1. The molecular weight excluding hydrogens is 254 g/mol. The van der Waals surface area contributed by atoms with E-state index in [0.717, 1.165) is 29.4 Å². The lowest BCUT2D eigenvalue weighted by molar-refractivity contribution is 0.172. The number of halogens is 1. The van der Waals surface area contributed by atoms with Gasteiger partial charge in [0.1, 0.15) is 0 Å². The number of rotatable bonds is 2. The molecule has 0 aromatic heterocycles. The van der Waals surface area contributed by atoms with Crippen LogP contribution in [0, 0.1) is 6.92 Å². The third-order valence-corrected chi connectivity index (χ3v) is 3.50. The minimum atomic E-state index is -0.187. The van der Waals surface area contributed by atoms with Crippen molar-refractivity contribution in [1.29, 1.82) is 0 Å². The van der Waals surface area contributed by atoms with E-state index in [-0.39, 0.29) is 12.1 Å². The van der Waals surface area contributed by atoms with E-state index < -0.39 is 0 Å². The Bertz CT molecular complexity index is 353. The normalized spacial score (nSPS) is 25.5. The Morgan fingerprint density at radius 2 is 2.20 bits per heavy atom. The molecule has 1 aliphatic carbocycles. The first kappa shape index (κ1) is 11.0. The highest BCUT2D eigenvalue weighted by Gasteiger charge is 2.24. The van der Waals surface area contributed by atoms with Crippen LogP contribution in [0.2, 0.25) is 0 Å². The van der Waals surface area contributed by atoms with E-state index in [9.17, 15) is 5.11 Å². The van der Waals surface area contributed by atoms with E-state index in [1.54, 1.807) is 0 Å². The molecule has 1 saturated carbocycles. The van der Waals surface area contributed by atoms with Crippen LogP contribution in [0.25, 0.3) is 0 Å². The number of hydrogen-bond acceptors (Lipinski definition) is 2. The van der Waals surface area contributed by atoms with E-state index in [2.05, 4.69) is 40.3 Å². The molecule has 0 amide bonds. The first-order chi connectivity index (χ1) is 7.16. The number of aryl methyl sites for hydroxylation is 1. The first-order valence-electron chi connectivity index (χ1n) is 5.37. The molecule has 1 aromatic rings. The molecule has 0 spiro atoms. The summed E-state index contributed by atoms with van der Waals surface area (Å²) in [5.74, 6) is 0. The van der Waals surface area contributed by atoms with Crippen LogP contribution in [0.3, 0.4) is 0 Å². The minimum Gasteiger partial charge on any atom is -0.391 e. The van der Waals surface area contributed by atoms with Crippen LogP contribution in [0.4, 0.5) is 5.69 Å². The van der Waals surface area contributed by atoms with Crippen molar-refractivity contribution in [3.63, 3.8) is 0 Å². The van der Waals surface area contributed by atoms with E-state index in [4.69, 9.17) is 0 Å². The number of benzene rings is 1. The molecule has 2 N–H and O–H groups in total. The quantitative estimate of drug-likeness (QED) is 0.865. The predicted octanol–water partition coefficient (Wildman–Crippen LogP) is 3.08. The smallest absolute Gasteiger partial charge is 0.0741 e. The largest absolute Gasteiger partial charge is 0.391 e. The van der Waals surface area contributed by atoms with Crippen molar-refractivity contribution in [2.24, 2.45) is 0 Å². The van der Waals surface area contributed by atoms with Gasteiger partial charge in [-0.3, -0.25) is 0 Å². The second kappa shape index (κ2) is 4.54. The summed E-state index contributed by atoms with van der Waals surface area (Å²) in [7, 11) is 0. The monoisotopic (exact) mass is 269 g/mol. The van der Waals surface area contributed by atoms with Gasteiger partial charge in [-0.15, -0.1) is 0 Å². The molecule has 0 radical (unpaired) electrons. The Hall–Kier alpha value is -0.540. The van der Waals surface area contributed by atoms with Crippen molar-refractivity contribution >= 4 is 21.6 Å². The predicted molar refractivity (Wildman–Crippen MR) is 66.1 cm³/mol. The van der Waals surface area contributed by atoms with Crippen molar-refractivity contribution in [2.75, 3.05) is 5.32 Å². The van der Waals surface area contributed by atoms with Gasteiger partial charge >= 0.3 is 0 Å². The Labute approximate surface area is 98.8 Å². The molecule has 1 aromatic carbocycles. The molecule has 0 aliphatic heterocycles. The van der Waals surface area contributed by atoms with Gasteiger partial charge in [0.2, 0.25) is 0 Å². The summed E-state index contributed by atoms with van der Waals surface area (Å²) in [5.41, 5.74) is 2.34. The van der Waals surface area contributed by atoms with Gasteiger partial charge in [-0.2, -0.15) is 0 Å². The van der Waals surface area contributed by atoms with Crippen LogP contribution in [0.1, 0.15) is 24.8 Å². The topological polar surface area (TPSA) is 32.3 Å². The van der Waals surface area contributed by atoms with Crippen molar-refractivity contribution in [3.05, 3.63) is 28.2 Å². The molecule has 1 fully saturated rings. The zero-order valence-electron chi connectivity index (χ0n) is 8.83. The van der Waals surface area contributed by atoms with Crippen LogP contribution in [-0.4, -0.2) is 17.3 Å². The maximum atomic E-state index is 9.72. The number of aliphatic hydroxyl groups excluding tert-OH is 1. The van der Waals surface area contributed by atoms with Crippen molar-refractivity contribution in [1.82, 2.24) is 0 Å². The maximum absolute atomic E-state index is 9.72. The first-order valence-corrected chi connectivity index (χ1v) is 6.17. The highest BCUT2D eigenvalue weighted by Crippen LogP contribution is 2.26. The van der Waals surface area contributed by atoms with Gasteiger partial charge in [-0.25, -0.2) is 0 Å². The highest BCUT2D eigenvalue weighted by atomic mass is 79.9. The Morgan fingerprint density at radius 3 is 2.80 bits per heavy atom. The Balaban J connectivity index is 2.10. The van der Waals surface area contributed by atoms with E-state index >= 15 is 0 Å². The molecule has 0 unspecified atom stereocenters. The van der Waals surface area contributed by atoms with Gasteiger partial charge in [0, 0.05) is 10.2 Å². The molecule has 2 nitrogen and oxygen atoms in total. The summed E-state index contributed by atoms with van der Waals surface area (Å²) >= 11 is 3.44. The SMILES string of the molecule is Cc1cc(Br)ccc1N[C@@H]1CCC[C@H]1O. The minimum absolute atomic E-state index is 0.187. The lowest BCUT2D eigenvalue weighted by atomic mass is 10.1. The molecule has 15 heavy (non-hydrogen) atoms. The highest BCUT2D eigenvalue weighted by molar-refractivity contribution is 9.10. The molecule has 1 aliphatic rings. The average molecular weight is 270 g/mol. The van der Waals surface area contributed by atoms with Gasteiger partial charge in [0.15, 0.2) is 0 Å². The van der Waals surface area contributed by atoms with E-state index in [1.165, 1.54) is 5.56 Å². The summed E-state index contributed by atoms with van der Waals surface area (Å²) in [4.78, 5) is 0. The number of aliphatic hydroxyl groups is 1. The van der Waals surface area contributed by atoms with E-state index in [1.807, 2.05) is 6.07 Å². The van der Waals surface area contributed by atoms with Crippen molar-refractivity contribution in [2.45, 2.75) is 38.3 Å². The number of hydrogen-bond donors (Lipinski definition) is 2. The lowest BCUT2D eigenvalue weighted by Crippen LogP contribution is -2.28. The summed E-state index contributed by atoms with van der Waals surface area (Å²) in [5, 5.41) is 13.1. The molecule has 0 heterocycles. The number of anilines is 1. The zero-order chi connectivity index (χ0) is 10.8. The van der Waals surface area contributed by atoms with Gasteiger partial charge in [-0.1, -0.05) is 15.9 Å². The summed E-state index contributed by atoms with van der Waals surface area (Å²) in [6.45, 7) is 2.08. The van der Waals surface area contributed by atoms with Crippen molar-refractivity contribution < 1.29 is 5.11 Å². The average Bonchev–Trinajstić information content (AvgIpc) is 2.57. The van der Waals surface area contributed by atoms with Crippen LogP contribution in [0.15, 0.2) is 22.7 Å². The molecular formula is C12H16BrNO. The third-order valence-electron chi connectivity index (χ3n) is 3.01. The molecule has 3 heteroatoms. The van der Waals surface area contributed by atoms with E-state index in [0.29, 0.717) is 0 Å². The Kier molecular flexibility index (Phi) is 3.32. The second-order valence-electron chi connectivity index (χ2n) is 4.21. The van der Waals surface area contributed by atoms with Crippen LogP contribution in [0.5, 0.6) is 0 Å². The molecule has 2 atom stereocenters. The summed E-state index contributed by atoms with van der Waals surface area (Å²) in [6, 6.07) is 6.40. The fourth-order valence-corrected chi connectivity index (χ4v) is 2.57. The fraction of sp³-hybridized carbons (Fsp3) is 0.500. The second-order valence-corrected chi connectivity index (χ2v) is 5.12. The van der Waals surface area contributed by atoms with Crippen LogP contribution < -0.4 is 5.32 Å². The van der Waals surface area contributed by atoms with Gasteiger partial charge in [0.25, 0.3) is 0 Å². The lowest BCUT2D eigenvalue weighted by Gasteiger charge is -2.19. The maximum Gasteiger partial charge on any atom is 0.0741 e. The van der Waals surface area contributed by atoms with Crippen LogP contribution in [-0.2, 0) is 0 Å².